The topological polar surface area (TPSA) is 38.9 Å². The van der Waals surface area contributed by atoms with Gasteiger partial charge in [-0.15, -0.1) is 0 Å². The molecule has 18 heavy (non-hydrogen) atoms. The molecule has 2 N–H and O–H groups in total. The maximum atomic E-state index is 5.93. The summed E-state index contributed by atoms with van der Waals surface area (Å²) in [5.74, 6) is 2.93. The van der Waals surface area contributed by atoms with Crippen molar-refractivity contribution in [2.24, 2.45) is 23.5 Å². The van der Waals surface area contributed by atoms with Crippen LogP contribution in [0.5, 0.6) is 0 Å². The van der Waals surface area contributed by atoms with Crippen molar-refractivity contribution in [2.45, 2.75) is 50.5 Å². The minimum atomic E-state index is 0.394. The zero-order valence-corrected chi connectivity index (χ0v) is 10.9. The average molecular weight is 242 g/mol. The van der Waals surface area contributed by atoms with Crippen molar-refractivity contribution < 1.29 is 0 Å². The molecule has 5 rings (SSSR count). The van der Waals surface area contributed by atoms with E-state index in [4.69, 9.17) is 10.7 Å². The smallest absolute Gasteiger partial charge is 0.0510 e. The van der Waals surface area contributed by atoms with E-state index in [0.29, 0.717) is 12.0 Å². The maximum Gasteiger partial charge on any atom is 0.0510 e. The third-order valence-corrected chi connectivity index (χ3v) is 5.65. The van der Waals surface area contributed by atoms with Crippen molar-refractivity contribution in [3.63, 3.8) is 0 Å². The van der Waals surface area contributed by atoms with E-state index in [2.05, 4.69) is 6.07 Å². The highest BCUT2D eigenvalue weighted by molar-refractivity contribution is 5.30. The molecule has 0 saturated heterocycles. The van der Waals surface area contributed by atoms with Crippen LogP contribution in [0.4, 0.5) is 0 Å². The Hall–Kier alpha value is -0.890. The Morgan fingerprint density at radius 2 is 1.72 bits per heavy atom. The highest BCUT2D eigenvalue weighted by Gasteiger charge is 2.52. The van der Waals surface area contributed by atoms with Crippen molar-refractivity contribution in [3.05, 3.63) is 29.6 Å². The highest BCUT2D eigenvalue weighted by Crippen LogP contribution is 2.60. The predicted molar refractivity (Wildman–Crippen MR) is 72.0 cm³/mol. The van der Waals surface area contributed by atoms with Gasteiger partial charge in [-0.3, -0.25) is 4.98 Å². The van der Waals surface area contributed by atoms with Crippen LogP contribution >= 0.6 is 0 Å². The van der Waals surface area contributed by atoms with Gasteiger partial charge in [-0.2, -0.15) is 0 Å². The number of pyridine rings is 1. The van der Waals surface area contributed by atoms with Crippen LogP contribution in [0.15, 0.2) is 18.3 Å². The first-order valence-corrected chi connectivity index (χ1v) is 7.43. The van der Waals surface area contributed by atoms with Gasteiger partial charge in [-0.25, -0.2) is 0 Å². The molecule has 4 bridgehead atoms. The van der Waals surface area contributed by atoms with Crippen LogP contribution in [0.3, 0.4) is 0 Å². The SMILES string of the molecule is NCc1cccnc1C12CC3CC(CC(C3)C1)C2. The maximum absolute atomic E-state index is 5.93. The Morgan fingerprint density at radius 1 is 1.11 bits per heavy atom. The molecule has 4 saturated carbocycles. The fourth-order valence-corrected chi connectivity index (χ4v) is 5.48. The molecule has 0 atom stereocenters. The molecule has 0 unspecified atom stereocenters. The van der Waals surface area contributed by atoms with Gasteiger partial charge in [-0.05, 0) is 67.9 Å². The van der Waals surface area contributed by atoms with Crippen molar-refractivity contribution in [1.82, 2.24) is 4.98 Å². The van der Waals surface area contributed by atoms with E-state index in [0.717, 1.165) is 17.8 Å². The van der Waals surface area contributed by atoms with E-state index < -0.39 is 0 Å². The standard InChI is InChI=1S/C16H22N2/c17-10-14-2-1-3-18-15(14)16-7-11-4-12(8-16)6-13(5-11)9-16/h1-3,11-13H,4-10,17H2. The fraction of sp³-hybridized carbons (Fsp3) is 0.688. The summed E-state index contributed by atoms with van der Waals surface area (Å²) in [5.41, 5.74) is 8.97. The number of aromatic nitrogens is 1. The number of nitrogens with zero attached hydrogens (tertiary/aromatic N) is 1. The third-order valence-electron chi connectivity index (χ3n) is 5.65. The molecule has 2 heteroatoms. The quantitative estimate of drug-likeness (QED) is 0.866. The van der Waals surface area contributed by atoms with Crippen LogP contribution in [0, 0.1) is 17.8 Å². The zero-order chi connectivity index (χ0) is 12.2. The molecular formula is C16H22N2. The molecule has 1 heterocycles. The molecule has 4 aliphatic rings. The Morgan fingerprint density at radius 3 is 2.28 bits per heavy atom. The first-order chi connectivity index (χ1) is 8.79. The summed E-state index contributed by atoms with van der Waals surface area (Å²) in [6, 6.07) is 4.22. The first-order valence-electron chi connectivity index (χ1n) is 7.43. The van der Waals surface area contributed by atoms with Gasteiger partial charge in [0.1, 0.15) is 0 Å². The Balaban J connectivity index is 1.79. The molecule has 1 aromatic rings. The second-order valence-corrected chi connectivity index (χ2v) is 6.91. The summed E-state index contributed by atoms with van der Waals surface area (Å²) in [4.78, 5) is 4.76. The monoisotopic (exact) mass is 242 g/mol. The molecule has 0 radical (unpaired) electrons. The molecule has 2 nitrogen and oxygen atoms in total. The minimum absolute atomic E-state index is 0.394. The molecule has 96 valence electrons. The van der Waals surface area contributed by atoms with E-state index in [1.165, 1.54) is 49.8 Å². The van der Waals surface area contributed by atoms with Gasteiger partial charge in [0.05, 0.1) is 5.69 Å². The van der Waals surface area contributed by atoms with E-state index >= 15 is 0 Å². The molecule has 0 aliphatic heterocycles. The van der Waals surface area contributed by atoms with Crippen LogP contribution in [0.2, 0.25) is 0 Å². The van der Waals surface area contributed by atoms with E-state index in [1.54, 1.807) is 0 Å². The normalized spacial score (nSPS) is 41.3. The molecule has 0 aromatic carbocycles. The Bertz CT molecular complexity index is 431. The summed E-state index contributed by atoms with van der Waals surface area (Å²) in [7, 11) is 0. The molecule has 0 spiro atoms. The van der Waals surface area contributed by atoms with Crippen LogP contribution in [-0.4, -0.2) is 4.98 Å². The number of rotatable bonds is 2. The van der Waals surface area contributed by atoms with Crippen molar-refractivity contribution in [3.8, 4) is 0 Å². The van der Waals surface area contributed by atoms with Gasteiger partial charge >= 0.3 is 0 Å². The average Bonchev–Trinajstić information content (AvgIpc) is 2.37. The van der Waals surface area contributed by atoms with Gasteiger partial charge in [0.25, 0.3) is 0 Å². The van der Waals surface area contributed by atoms with Gasteiger partial charge in [0.15, 0.2) is 0 Å². The summed E-state index contributed by atoms with van der Waals surface area (Å²) in [6.07, 6.45) is 10.6. The second-order valence-electron chi connectivity index (χ2n) is 6.91. The number of hydrogen-bond donors (Lipinski definition) is 1. The molecule has 4 fully saturated rings. The summed E-state index contributed by atoms with van der Waals surface area (Å²) >= 11 is 0. The minimum Gasteiger partial charge on any atom is -0.326 e. The summed E-state index contributed by atoms with van der Waals surface area (Å²) in [5, 5.41) is 0. The van der Waals surface area contributed by atoms with Crippen molar-refractivity contribution in [1.29, 1.82) is 0 Å². The summed E-state index contributed by atoms with van der Waals surface area (Å²) < 4.78 is 0. The van der Waals surface area contributed by atoms with Gasteiger partial charge in [-0.1, -0.05) is 6.07 Å². The lowest BCUT2D eigenvalue weighted by molar-refractivity contribution is -0.00762. The van der Waals surface area contributed by atoms with Crippen LogP contribution in [-0.2, 0) is 12.0 Å². The van der Waals surface area contributed by atoms with Crippen LogP contribution in [0.25, 0.3) is 0 Å². The summed E-state index contributed by atoms with van der Waals surface area (Å²) in [6.45, 7) is 0.644. The highest BCUT2D eigenvalue weighted by atomic mass is 14.7. The molecular weight excluding hydrogens is 220 g/mol. The van der Waals surface area contributed by atoms with Crippen molar-refractivity contribution >= 4 is 0 Å². The molecule has 4 aliphatic carbocycles. The van der Waals surface area contributed by atoms with E-state index in [-0.39, 0.29) is 0 Å². The van der Waals surface area contributed by atoms with Gasteiger partial charge < -0.3 is 5.73 Å². The fourth-order valence-electron chi connectivity index (χ4n) is 5.48. The van der Waals surface area contributed by atoms with Crippen LogP contribution < -0.4 is 5.73 Å². The number of nitrogens with two attached hydrogens (primary N) is 1. The third kappa shape index (κ3) is 1.48. The molecule has 0 amide bonds. The zero-order valence-electron chi connectivity index (χ0n) is 10.9. The second kappa shape index (κ2) is 3.80. The van der Waals surface area contributed by atoms with Crippen LogP contribution in [0.1, 0.15) is 49.8 Å². The number of hydrogen-bond acceptors (Lipinski definition) is 2. The lowest BCUT2D eigenvalue weighted by Gasteiger charge is -2.56. The molecule has 1 aromatic heterocycles. The Kier molecular flexibility index (Phi) is 2.32. The van der Waals surface area contributed by atoms with Crippen molar-refractivity contribution in [2.75, 3.05) is 0 Å². The lowest BCUT2D eigenvalue weighted by atomic mass is 9.48. The van der Waals surface area contributed by atoms with E-state index in [1.807, 2.05) is 12.3 Å². The lowest BCUT2D eigenvalue weighted by Crippen LogP contribution is -2.49. The largest absolute Gasteiger partial charge is 0.326 e. The van der Waals surface area contributed by atoms with E-state index in [9.17, 15) is 0 Å². The van der Waals surface area contributed by atoms with Gasteiger partial charge in [0, 0.05) is 18.2 Å². The van der Waals surface area contributed by atoms with Gasteiger partial charge in [0.2, 0.25) is 0 Å². The Labute approximate surface area is 109 Å². The predicted octanol–water partition coefficient (Wildman–Crippen LogP) is 3.01. The first kappa shape index (κ1) is 11.0.